The van der Waals surface area contributed by atoms with Crippen LogP contribution in [0.15, 0.2) is 101 Å². The average Bonchev–Trinajstić information content (AvgIpc) is 3.24. The molecule has 2 aliphatic rings. The van der Waals surface area contributed by atoms with Gasteiger partial charge in [0.05, 0.1) is 18.5 Å². The summed E-state index contributed by atoms with van der Waals surface area (Å²) in [5, 5.41) is 0.0763. The molecule has 2 heterocycles. The Morgan fingerprint density at radius 1 is 0.900 bits per heavy atom. The Bertz CT molecular complexity index is 1560. The number of hydrogen-bond acceptors (Lipinski definition) is 5. The molecule has 0 saturated heterocycles. The van der Waals surface area contributed by atoms with Crippen molar-refractivity contribution in [3.05, 3.63) is 107 Å². The van der Waals surface area contributed by atoms with Gasteiger partial charge in [-0.15, -0.1) is 0 Å². The zero-order chi connectivity index (χ0) is 28.5. The monoisotopic (exact) mass is 549 g/mol. The van der Waals surface area contributed by atoms with Crippen LogP contribution in [0.5, 0.6) is 11.5 Å². The fraction of sp³-hybridized carbons (Fsp3) is 0.242. The van der Waals surface area contributed by atoms with Gasteiger partial charge >= 0.3 is 0 Å². The topological polar surface area (TPSA) is 63.5 Å². The molecule has 0 atom stereocenters. The summed E-state index contributed by atoms with van der Waals surface area (Å²) in [7, 11) is -0.400. The highest BCUT2D eigenvalue weighted by Crippen LogP contribution is 2.38. The first kappa shape index (κ1) is 27.3. The van der Waals surface area contributed by atoms with Crippen molar-refractivity contribution in [2.24, 2.45) is 9.98 Å². The quantitative estimate of drug-likeness (QED) is 0.229. The number of carbonyl (C=O) groups excluding carboxylic acids is 1. The van der Waals surface area contributed by atoms with Crippen molar-refractivity contribution in [2.75, 3.05) is 7.11 Å². The van der Waals surface area contributed by atoms with Crippen molar-refractivity contribution in [2.45, 2.75) is 45.3 Å². The molecule has 3 aromatic carbocycles. The molecule has 0 aromatic heterocycles. The van der Waals surface area contributed by atoms with Crippen LogP contribution in [0.3, 0.4) is 0 Å². The van der Waals surface area contributed by atoms with Crippen LogP contribution in [-0.2, 0) is 11.2 Å². The number of carbonyl (C=O) groups is 1. The maximum atomic E-state index is 13.6. The van der Waals surface area contributed by atoms with Gasteiger partial charge in [-0.25, -0.2) is 9.98 Å². The second-order valence-electron chi connectivity index (χ2n) is 11.5. The summed E-state index contributed by atoms with van der Waals surface area (Å²) in [5.74, 6) is 1.90. The summed E-state index contributed by atoms with van der Waals surface area (Å²) < 4.78 is 11.9. The van der Waals surface area contributed by atoms with Crippen molar-refractivity contribution in [1.82, 2.24) is 4.90 Å². The van der Waals surface area contributed by atoms with E-state index in [2.05, 4.69) is 46.0 Å². The number of amides is 1. The van der Waals surface area contributed by atoms with Gasteiger partial charge in [-0.1, -0.05) is 75.4 Å². The molecule has 0 fully saturated rings. The van der Waals surface area contributed by atoms with Gasteiger partial charge in [-0.05, 0) is 59.6 Å². The fourth-order valence-electron chi connectivity index (χ4n) is 4.30. The molecule has 0 radical (unpaired) electrons. The standard InChI is InChI=1S/C33H35N3O3Si/c1-33(2,3)40(5,6)39-27-17-11-15-25(21-27)30-22-36-31(28(34-30)19-23-12-8-7-9-13-23)35-29(32(36)37)20-24-14-10-16-26(18-24)38-4/h7-18,20-22H,19H2,1-6H3/b29-20-. The average molecular weight is 550 g/mol. The summed E-state index contributed by atoms with van der Waals surface area (Å²) in [6.07, 6.45) is 4.12. The van der Waals surface area contributed by atoms with Gasteiger partial charge in [-0.2, -0.15) is 0 Å². The summed E-state index contributed by atoms with van der Waals surface area (Å²) in [6, 6.07) is 25.7. The number of amidine groups is 1. The molecule has 7 heteroatoms. The van der Waals surface area contributed by atoms with E-state index in [-0.39, 0.29) is 10.9 Å². The number of fused-ring (bicyclic) bond motifs is 1. The van der Waals surface area contributed by atoms with Crippen molar-refractivity contribution in [3.8, 4) is 11.5 Å². The largest absolute Gasteiger partial charge is 0.543 e. The maximum absolute atomic E-state index is 13.6. The van der Waals surface area contributed by atoms with E-state index < -0.39 is 8.32 Å². The third-order valence-electron chi connectivity index (χ3n) is 7.58. The Morgan fingerprint density at radius 2 is 1.62 bits per heavy atom. The van der Waals surface area contributed by atoms with Crippen molar-refractivity contribution in [1.29, 1.82) is 0 Å². The van der Waals surface area contributed by atoms with Crippen LogP contribution < -0.4 is 9.16 Å². The lowest BCUT2D eigenvalue weighted by molar-refractivity contribution is -0.120. The van der Waals surface area contributed by atoms with Gasteiger partial charge in [0.15, 0.2) is 5.84 Å². The van der Waals surface area contributed by atoms with Crippen LogP contribution >= 0.6 is 0 Å². The molecule has 5 rings (SSSR count). The lowest BCUT2D eigenvalue weighted by atomic mass is 10.0. The Labute approximate surface area is 237 Å². The van der Waals surface area contributed by atoms with E-state index >= 15 is 0 Å². The third kappa shape index (κ3) is 5.70. The molecule has 0 N–H and O–H groups in total. The lowest BCUT2D eigenvalue weighted by Crippen LogP contribution is -2.43. The number of ether oxygens (including phenoxy) is 1. The van der Waals surface area contributed by atoms with Crippen LogP contribution in [0.4, 0.5) is 0 Å². The van der Waals surface area contributed by atoms with Gasteiger partial charge in [0.2, 0.25) is 8.32 Å². The predicted octanol–water partition coefficient (Wildman–Crippen LogP) is 7.36. The SMILES string of the molecule is COc1cccc(/C=C2\N=C3C(Cc4ccccc4)=NC(c4cccc(O[Si](C)(C)C(C)(C)C)c4)=CN3C2=O)c1. The second-order valence-corrected chi connectivity index (χ2v) is 16.3. The molecule has 0 bridgehead atoms. The Kier molecular flexibility index (Phi) is 7.34. The molecule has 0 saturated carbocycles. The van der Waals surface area contributed by atoms with Crippen molar-refractivity contribution < 1.29 is 14.0 Å². The van der Waals surface area contributed by atoms with E-state index in [1.165, 1.54) is 0 Å². The molecule has 6 nitrogen and oxygen atoms in total. The minimum atomic E-state index is -2.02. The highest BCUT2D eigenvalue weighted by atomic mass is 28.4. The number of rotatable bonds is 7. The van der Waals surface area contributed by atoms with E-state index in [1.807, 2.05) is 66.7 Å². The smallest absolute Gasteiger partial charge is 0.282 e. The van der Waals surface area contributed by atoms with E-state index in [0.717, 1.165) is 33.9 Å². The van der Waals surface area contributed by atoms with E-state index in [1.54, 1.807) is 24.3 Å². The Morgan fingerprint density at radius 3 is 2.35 bits per heavy atom. The molecule has 204 valence electrons. The first-order chi connectivity index (χ1) is 19.0. The molecule has 0 spiro atoms. The first-order valence-corrected chi connectivity index (χ1v) is 16.4. The highest BCUT2D eigenvalue weighted by Gasteiger charge is 2.39. The molecular formula is C33H35N3O3Si. The molecule has 40 heavy (non-hydrogen) atoms. The zero-order valence-corrected chi connectivity index (χ0v) is 24.9. The maximum Gasteiger partial charge on any atom is 0.282 e. The summed E-state index contributed by atoms with van der Waals surface area (Å²) >= 11 is 0. The van der Waals surface area contributed by atoms with Crippen LogP contribution in [0.2, 0.25) is 18.1 Å². The van der Waals surface area contributed by atoms with Gasteiger partial charge in [0, 0.05) is 18.2 Å². The van der Waals surface area contributed by atoms with Gasteiger partial charge in [0.25, 0.3) is 5.91 Å². The van der Waals surface area contributed by atoms with E-state index in [0.29, 0.717) is 23.7 Å². The summed E-state index contributed by atoms with van der Waals surface area (Å²) in [4.78, 5) is 25.1. The van der Waals surface area contributed by atoms with E-state index in [9.17, 15) is 4.79 Å². The molecule has 2 aliphatic heterocycles. The summed E-state index contributed by atoms with van der Waals surface area (Å²) in [5.41, 5.74) is 4.62. The number of hydrogen-bond donors (Lipinski definition) is 0. The minimum absolute atomic E-state index is 0.0763. The van der Waals surface area contributed by atoms with E-state index in [4.69, 9.17) is 19.1 Å². The zero-order valence-electron chi connectivity index (χ0n) is 23.9. The highest BCUT2D eigenvalue weighted by molar-refractivity contribution is 6.74. The van der Waals surface area contributed by atoms with Crippen LogP contribution in [0.25, 0.3) is 11.8 Å². The predicted molar refractivity (Wildman–Crippen MR) is 165 cm³/mol. The van der Waals surface area contributed by atoms with Gasteiger partial charge in [-0.3, -0.25) is 9.69 Å². The number of aliphatic imine (C=N–C) groups is 2. The summed E-state index contributed by atoms with van der Waals surface area (Å²) in [6.45, 7) is 11.1. The van der Waals surface area contributed by atoms with Crippen LogP contribution in [-0.4, -0.2) is 37.8 Å². The normalized spacial score (nSPS) is 16.4. The first-order valence-electron chi connectivity index (χ1n) is 13.5. The molecular weight excluding hydrogens is 514 g/mol. The lowest BCUT2D eigenvalue weighted by Gasteiger charge is -2.36. The van der Waals surface area contributed by atoms with Gasteiger partial charge in [0.1, 0.15) is 17.2 Å². The molecule has 0 unspecified atom stereocenters. The van der Waals surface area contributed by atoms with Gasteiger partial charge < -0.3 is 9.16 Å². The molecule has 1 amide bonds. The molecule has 3 aromatic rings. The minimum Gasteiger partial charge on any atom is -0.543 e. The number of benzene rings is 3. The Balaban J connectivity index is 1.53. The fourth-order valence-corrected chi connectivity index (χ4v) is 5.32. The van der Waals surface area contributed by atoms with Crippen molar-refractivity contribution in [3.63, 3.8) is 0 Å². The van der Waals surface area contributed by atoms with Crippen molar-refractivity contribution >= 4 is 37.5 Å². The van der Waals surface area contributed by atoms with Crippen LogP contribution in [0, 0.1) is 0 Å². The number of methoxy groups -OCH3 is 1. The Hall–Kier alpha value is -4.23. The third-order valence-corrected chi connectivity index (χ3v) is 11.9. The second kappa shape index (κ2) is 10.7. The van der Waals surface area contributed by atoms with Crippen LogP contribution in [0.1, 0.15) is 37.5 Å². The molecule has 0 aliphatic carbocycles. The number of nitrogens with zero attached hydrogens (tertiary/aromatic N) is 3.